The molecule has 0 saturated carbocycles. The van der Waals surface area contributed by atoms with E-state index in [0.29, 0.717) is 6.42 Å². The van der Waals surface area contributed by atoms with Crippen LogP contribution in [-0.4, -0.2) is 32.3 Å². The predicted octanol–water partition coefficient (Wildman–Crippen LogP) is 1.85. The zero-order valence-corrected chi connectivity index (χ0v) is 14.2. The van der Waals surface area contributed by atoms with Crippen LogP contribution in [0.15, 0.2) is 0 Å². The van der Waals surface area contributed by atoms with Gasteiger partial charge >= 0.3 is 5.97 Å². The number of hydrogen-bond donors (Lipinski definition) is 2. The molecule has 1 heterocycles. The summed E-state index contributed by atoms with van der Waals surface area (Å²) in [5, 5.41) is 16.2. The molecule has 0 aliphatic rings. The lowest BCUT2D eigenvalue weighted by atomic mass is 9.97. The molecule has 0 aliphatic heterocycles. The monoisotopic (exact) mass is 309 g/mol. The van der Waals surface area contributed by atoms with Crippen molar-refractivity contribution < 1.29 is 14.7 Å². The third-order valence-electron chi connectivity index (χ3n) is 3.81. The Labute approximate surface area is 131 Å². The summed E-state index contributed by atoms with van der Waals surface area (Å²) in [4.78, 5) is 23.0. The van der Waals surface area contributed by atoms with Crippen LogP contribution in [0.3, 0.4) is 0 Å². The number of aromatic nitrogens is 2. The summed E-state index contributed by atoms with van der Waals surface area (Å²) in [6, 6.07) is 0. The van der Waals surface area contributed by atoms with E-state index < -0.39 is 11.5 Å². The Morgan fingerprint density at radius 2 is 1.91 bits per heavy atom. The number of nitrogens with zero attached hydrogens (tertiary/aromatic N) is 2. The fourth-order valence-electron chi connectivity index (χ4n) is 2.66. The maximum Gasteiger partial charge on any atom is 0.303 e. The normalized spacial score (nSPS) is 11.5. The minimum absolute atomic E-state index is 0.0423. The number of carbonyl (C=O) groups excluding carboxylic acids is 1. The molecular formula is C16H27N3O3. The molecule has 6 nitrogen and oxygen atoms in total. The molecule has 0 radical (unpaired) electrons. The topological polar surface area (TPSA) is 84.2 Å². The number of rotatable bonds is 8. The van der Waals surface area contributed by atoms with E-state index in [2.05, 4.69) is 17.3 Å². The lowest BCUT2D eigenvalue weighted by molar-refractivity contribution is -0.137. The largest absolute Gasteiger partial charge is 0.481 e. The molecule has 1 aromatic rings. The molecule has 124 valence electrons. The molecule has 0 aromatic carbocycles. The first-order valence-corrected chi connectivity index (χ1v) is 7.76. The average molecular weight is 309 g/mol. The van der Waals surface area contributed by atoms with Crippen molar-refractivity contribution in [2.24, 2.45) is 7.05 Å². The van der Waals surface area contributed by atoms with E-state index in [1.807, 2.05) is 32.5 Å². The summed E-state index contributed by atoms with van der Waals surface area (Å²) in [5.74, 6) is -0.941. The zero-order valence-electron chi connectivity index (χ0n) is 14.2. The van der Waals surface area contributed by atoms with Crippen molar-refractivity contribution in [1.29, 1.82) is 0 Å². The average Bonchev–Trinajstić information content (AvgIpc) is 2.71. The minimum Gasteiger partial charge on any atom is -0.481 e. The highest BCUT2D eigenvalue weighted by atomic mass is 16.4. The molecular weight excluding hydrogens is 282 g/mol. The van der Waals surface area contributed by atoms with Gasteiger partial charge in [-0.2, -0.15) is 5.10 Å². The van der Waals surface area contributed by atoms with Gasteiger partial charge in [0.05, 0.1) is 12.1 Å². The summed E-state index contributed by atoms with van der Waals surface area (Å²) in [5.41, 5.74) is 2.50. The van der Waals surface area contributed by atoms with Gasteiger partial charge in [-0.25, -0.2) is 0 Å². The van der Waals surface area contributed by atoms with Gasteiger partial charge in [0.1, 0.15) is 0 Å². The summed E-state index contributed by atoms with van der Waals surface area (Å²) in [7, 11) is 1.90. The van der Waals surface area contributed by atoms with Gasteiger partial charge < -0.3 is 10.4 Å². The second kappa shape index (κ2) is 7.42. The van der Waals surface area contributed by atoms with Crippen molar-refractivity contribution in [1.82, 2.24) is 15.1 Å². The quantitative estimate of drug-likeness (QED) is 0.767. The van der Waals surface area contributed by atoms with Gasteiger partial charge in [0.25, 0.3) is 0 Å². The van der Waals surface area contributed by atoms with Crippen LogP contribution in [-0.2, 0) is 35.9 Å². The van der Waals surface area contributed by atoms with E-state index in [-0.39, 0.29) is 18.7 Å². The molecule has 6 heteroatoms. The Hall–Kier alpha value is -1.85. The molecule has 0 spiro atoms. The number of nitrogens with one attached hydrogen (secondary N) is 1. The van der Waals surface area contributed by atoms with Gasteiger partial charge in [-0.05, 0) is 33.1 Å². The molecule has 1 rings (SSSR count). The molecule has 22 heavy (non-hydrogen) atoms. The molecule has 0 saturated heterocycles. The van der Waals surface area contributed by atoms with Crippen molar-refractivity contribution >= 4 is 11.9 Å². The Balaban J connectivity index is 2.78. The first-order valence-electron chi connectivity index (χ1n) is 7.76. The molecule has 2 N–H and O–H groups in total. The van der Waals surface area contributed by atoms with E-state index in [1.165, 1.54) is 0 Å². The Kier molecular flexibility index (Phi) is 6.14. The molecule has 0 bridgehead atoms. The first kappa shape index (κ1) is 18.2. The molecule has 0 unspecified atom stereocenters. The number of carbonyl (C=O) groups is 2. The number of amides is 1. The second-order valence-corrected chi connectivity index (χ2v) is 6.21. The van der Waals surface area contributed by atoms with Crippen LogP contribution in [0.2, 0.25) is 0 Å². The van der Waals surface area contributed by atoms with Gasteiger partial charge in [-0.1, -0.05) is 13.8 Å². The van der Waals surface area contributed by atoms with Crippen LogP contribution >= 0.6 is 0 Å². The van der Waals surface area contributed by atoms with E-state index in [9.17, 15) is 9.59 Å². The van der Waals surface area contributed by atoms with Gasteiger partial charge in [-0.15, -0.1) is 0 Å². The van der Waals surface area contributed by atoms with Crippen LogP contribution in [0.25, 0.3) is 0 Å². The maximum atomic E-state index is 12.3. The highest BCUT2D eigenvalue weighted by Crippen LogP contribution is 2.17. The second-order valence-electron chi connectivity index (χ2n) is 6.21. The van der Waals surface area contributed by atoms with Crippen molar-refractivity contribution in [3.05, 3.63) is 17.0 Å². The van der Waals surface area contributed by atoms with Gasteiger partial charge in [0, 0.05) is 30.3 Å². The number of carboxylic acids is 1. The van der Waals surface area contributed by atoms with Crippen molar-refractivity contribution in [3.63, 3.8) is 0 Å². The lowest BCUT2D eigenvalue weighted by Crippen LogP contribution is -2.44. The van der Waals surface area contributed by atoms with E-state index in [4.69, 9.17) is 5.11 Å². The highest BCUT2D eigenvalue weighted by Gasteiger charge is 2.23. The summed E-state index contributed by atoms with van der Waals surface area (Å²) in [6.07, 6.45) is 2.35. The molecule has 0 atom stereocenters. The standard InChI is InChI=1S/C16H27N3O3/c1-6-12-11(13(7-2)19(5)18-12)10-14(20)17-16(3,4)9-8-15(21)22/h6-10H2,1-5H3,(H,17,20)(H,21,22). The van der Waals surface area contributed by atoms with E-state index in [1.54, 1.807) is 0 Å². The SMILES string of the molecule is CCc1nn(C)c(CC)c1CC(=O)NC(C)(C)CCC(=O)O. The van der Waals surface area contributed by atoms with Crippen molar-refractivity contribution in [2.75, 3.05) is 0 Å². The summed E-state index contributed by atoms with van der Waals surface area (Å²) in [6.45, 7) is 7.77. The van der Waals surface area contributed by atoms with Crippen LogP contribution in [0.5, 0.6) is 0 Å². The summed E-state index contributed by atoms with van der Waals surface area (Å²) >= 11 is 0. The lowest BCUT2D eigenvalue weighted by Gasteiger charge is -2.25. The third kappa shape index (κ3) is 4.86. The highest BCUT2D eigenvalue weighted by molar-refractivity contribution is 5.80. The smallest absolute Gasteiger partial charge is 0.303 e. The maximum absolute atomic E-state index is 12.3. The van der Waals surface area contributed by atoms with E-state index >= 15 is 0 Å². The number of carboxylic acid groups (broad SMARTS) is 1. The van der Waals surface area contributed by atoms with Gasteiger partial charge in [0.15, 0.2) is 0 Å². The Morgan fingerprint density at radius 3 is 2.41 bits per heavy atom. The third-order valence-corrected chi connectivity index (χ3v) is 3.81. The van der Waals surface area contributed by atoms with Crippen LogP contribution in [0, 0.1) is 0 Å². The molecule has 0 aliphatic carbocycles. The van der Waals surface area contributed by atoms with Crippen molar-refractivity contribution in [2.45, 2.75) is 65.3 Å². The Morgan fingerprint density at radius 1 is 1.27 bits per heavy atom. The minimum atomic E-state index is -0.851. The van der Waals surface area contributed by atoms with Crippen LogP contribution in [0.1, 0.15) is 57.5 Å². The fourth-order valence-corrected chi connectivity index (χ4v) is 2.66. The number of aryl methyl sites for hydroxylation is 2. The first-order chi connectivity index (χ1) is 10.2. The van der Waals surface area contributed by atoms with Crippen LogP contribution < -0.4 is 5.32 Å². The van der Waals surface area contributed by atoms with Crippen LogP contribution in [0.4, 0.5) is 0 Å². The number of aliphatic carboxylic acids is 1. The van der Waals surface area contributed by atoms with Crippen molar-refractivity contribution in [3.8, 4) is 0 Å². The van der Waals surface area contributed by atoms with Gasteiger partial charge in [-0.3, -0.25) is 14.3 Å². The summed E-state index contributed by atoms with van der Waals surface area (Å²) < 4.78 is 1.84. The fraction of sp³-hybridized carbons (Fsp3) is 0.688. The predicted molar refractivity (Wildman–Crippen MR) is 84.8 cm³/mol. The molecule has 1 amide bonds. The molecule has 0 fully saturated rings. The zero-order chi connectivity index (χ0) is 16.9. The van der Waals surface area contributed by atoms with Gasteiger partial charge in [0.2, 0.25) is 5.91 Å². The Bertz CT molecular complexity index is 547. The molecule has 1 aromatic heterocycles. The number of hydrogen-bond acceptors (Lipinski definition) is 3. The van der Waals surface area contributed by atoms with E-state index in [0.717, 1.165) is 29.8 Å².